The highest BCUT2D eigenvalue weighted by Crippen LogP contribution is 2.31. The monoisotopic (exact) mass is 356 g/mol. The van der Waals surface area contributed by atoms with Crippen LogP contribution < -0.4 is 0 Å². The Morgan fingerprint density at radius 1 is 1.46 bits per heavy atom. The van der Waals surface area contributed by atoms with Crippen molar-refractivity contribution >= 4 is 38.5 Å². The van der Waals surface area contributed by atoms with E-state index in [1.165, 1.54) is 3.70 Å². The van der Waals surface area contributed by atoms with Crippen molar-refractivity contribution in [1.82, 2.24) is 9.78 Å². The quantitative estimate of drug-likeness (QED) is 0.703. The second-order valence-corrected chi connectivity index (χ2v) is 5.83. The molecular formula is C9H14BrIN2. The molecule has 13 heavy (non-hydrogen) atoms. The summed E-state index contributed by atoms with van der Waals surface area (Å²) in [5, 5.41) is 4.56. The molecule has 0 atom stereocenters. The van der Waals surface area contributed by atoms with Crippen LogP contribution >= 0.6 is 38.5 Å². The first-order valence-electron chi connectivity index (χ1n) is 4.30. The standard InChI is InChI=1S/C9H14BrIN2/c1-5-13-8(11)6(10)7(12-13)9(2,3)4/h5H2,1-4H3. The van der Waals surface area contributed by atoms with E-state index in [1.54, 1.807) is 0 Å². The minimum Gasteiger partial charge on any atom is -0.258 e. The molecule has 2 nitrogen and oxygen atoms in total. The second-order valence-electron chi connectivity index (χ2n) is 4.02. The summed E-state index contributed by atoms with van der Waals surface area (Å²) in [6, 6.07) is 0. The molecule has 1 aromatic rings. The molecule has 74 valence electrons. The molecule has 0 radical (unpaired) electrons. The van der Waals surface area contributed by atoms with E-state index in [4.69, 9.17) is 0 Å². The van der Waals surface area contributed by atoms with Crippen molar-refractivity contribution in [3.05, 3.63) is 13.9 Å². The molecule has 0 N–H and O–H groups in total. The summed E-state index contributed by atoms with van der Waals surface area (Å²) in [5.74, 6) is 0. The van der Waals surface area contributed by atoms with Crippen molar-refractivity contribution in [1.29, 1.82) is 0 Å². The predicted molar refractivity (Wildman–Crippen MR) is 67.0 cm³/mol. The normalized spacial score (nSPS) is 12.2. The molecule has 0 bridgehead atoms. The van der Waals surface area contributed by atoms with Gasteiger partial charge in [0.15, 0.2) is 0 Å². The highest BCUT2D eigenvalue weighted by Gasteiger charge is 2.23. The summed E-state index contributed by atoms with van der Waals surface area (Å²) in [5.41, 5.74) is 1.25. The van der Waals surface area contributed by atoms with Gasteiger partial charge >= 0.3 is 0 Å². The lowest BCUT2D eigenvalue weighted by Gasteiger charge is -2.15. The fourth-order valence-electron chi connectivity index (χ4n) is 1.11. The summed E-state index contributed by atoms with van der Waals surface area (Å²) in [7, 11) is 0. The van der Waals surface area contributed by atoms with Gasteiger partial charge < -0.3 is 0 Å². The molecule has 1 rings (SSSR count). The van der Waals surface area contributed by atoms with E-state index in [1.807, 2.05) is 4.68 Å². The molecule has 0 fully saturated rings. The summed E-state index contributed by atoms with van der Waals surface area (Å²) in [6.07, 6.45) is 0. The van der Waals surface area contributed by atoms with Crippen LogP contribution in [-0.4, -0.2) is 9.78 Å². The minimum absolute atomic E-state index is 0.110. The largest absolute Gasteiger partial charge is 0.258 e. The maximum Gasteiger partial charge on any atom is 0.113 e. The van der Waals surface area contributed by atoms with Crippen LogP contribution in [0.5, 0.6) is 0 Å². The number of hydrogen-bond acceptors (Lipinski definition) is 1. The van der Waals surface area contributed by atoms with Gasteiger partial charge in [0.25, 0.3) is 0 Å². The van der Waals surface area contributed by atoms with E-state index in [-0.39, 0.29) is 5.41 Å². The van der Waals surface area contributed by atoms with E-state index in [9.17, 15) is 0 Å². The molecule has 0 unspecified atom stereocenters. The van der Waals surface area contributed by atoms with Crippen molar-refractivity contribution in [3.63, 3.8) is 0 Å². The molecule has 1 aromatic heterocycles. The molecule has 0 amide bonds. The molecule has 0 aliphatic rings. The fraction of sp³-hybridized carbons (Fsp3) is 0.667. The molecule has 0 aromatic carbocycles. The van der Waals surface area contributed by atoms with Crippen molar-refractivity contribution in [2.24, 2.45) is 0 Å². The number of aryl methyl sites for hydroxylation is 1. The minimum atomic E-state index is 0.110. The molecule has 0 aliphatic heterocycles. The Hall–Kier alpha value is 0.420. The van der Waals surface area contributed by atoms with Gasteiger partial charge in [0.2, 0.25) is 0 Å². The molecule has 0 aliphatic carbocycles. The van der Waals surface area contributed by atoms with Gasteiger partial charge in [-0.25, -0.2) is 0 Å². The summed E-state index contributed by atoms with van der Waals surface area (Å²) in [4.78, 5) is 0. The van der Waals surface area contributed by atoms with E-state index < -0.39 is 0 Å². The smallest absolute Gasteiger partial charge is 0.113 e. The highest BCUT2D eigenvalue weighted by molar-refractivity contribution is 14.1. The fourth-order valence-corrected chi connectivity index (χ4v) is 2.69. The first-order chi connectivity index (χ1) is 5.88. The lowest BCUT2D eigenvalue weighted by molar-refractivity contribution is 0.537. The van der Waals surface area contributed by atoms with Gasteiger partial charge in [-0.1, -0.05) is 20.8 Å². The molecule has 0 spiro atoms. The number of nitrogens with zero attached hydrogens (tertiary/aromatic N) is 2. The van der Waals surface area contributed by atoms with Crippen LogP contribution in [0, 0.1) is 3.70 Å². The lowest BCUT2D eigenvalue weighted by atomic mass is 9.93. The van der Waals surface area contributed by atoms with Crippen LogP contribution in [0.15, 0.2) is 4.47 Å². The van der Waals surface area contributed by atoms with E-state index in [0.29, 0.717) is 0 Å². The van der Waals surface area contributed by atoms with Gasteiger partial charge in [-0.05, 0) is 45.4 Å². The highest BCUT2D eigenvalue weighted by atomic mass is 127. The van der Waals surface area contributed by atoms with Crippen molar-refractivity contribution in [2.75, 3.05) is 0 Å². The molecule has 4 heteroatoms. The van der Waals surface area contributed by atoms with Crippen LogP contribution in [0.3, 0.4) is 0 Å². The van der Waals surface area contributed by atoms with Gasteiger partial charge in [0.1, 0.15) is 3.70 Å². The maximum atomic E-state index is 4.56. The maximum absolute atomic E-state index is 4.56. The van der Waals surface area contributed by atoms with Gasteiger partial charge in [-0.2, -0.15) is 5.10 Å². The van der Waals surface area contributed by atoms with Crippen molar-refractivity contribution in [2.45, 2.75) is 39.7 Å². The Kier molecular flexibility index (Phi) is 3.43. The average molecular weight is 357 g/mol. The Balaban J connectivity index is 3.25. The predicted octanol–water partition coefficient (Wildman–Crippen LogP) is 3.57. The zero-order chi connectivity index (χ0) is 10.2. The molecule has 1 heterocycles. The Morgan fingerprint density at radius 2 is 2.00 bits per heavy atom. The summed E-state index contributed by atoms with van der Waals surface area (Å²) in [6.45, 7) is 9.56. The third-order valence-electron chi connectivity index (χ3n) is 1.85. The summed E-state index contributed by atoms with van der Waals surface area (Å²) >= 11 is 5.91. The third kappa shape index (κ3) is 2.26. The number of hydrogen-bond donors (Lipinski definition) is 0. The number of halogens is 2. The molecular weight excluding hydrogens is 343 g/mol. The topological polar surface area (TPSA) is 17.8 Å². The van der Waals surface area contributed by atoms with Crippen LogP contribution in [0.25, 0.3) is 0 Å². The summed E-state index contributed by atoms with van der Waals surface area (Å²) < 4.78 is 4.35. The van der Waals surface area contributed by atoms with Gasteiger partial charge in [-0.15, -0.1) is 0 Å². The second kappa shape index (κ2) is 3.88. The first-order valence-corrected chi connectivity index (χ1v) is 6.17. The first kappa shape index (κ1) is 11.5. The zero-order valence-corrected chi connectivity index (χ0v) is 12.1. The lowest BCUT2D eigenvalue weighted by Crippen LogP contribution is -2.13. The number of aromatic nitrogens is 2. The van der Waals surface area contributed by atoms with E-state index in [0.717, 1.165) is 16.7 Å². The average Bonchev–Trinajstić information content (AvgIpc) is 2.28. The van der Waals surface area contributed by atoms with E-state index >= 15 is 0 Å². The Bertz CT molecular complexity index is 312. The van der Waals surface area contributed by atoms with Gasteiger partial charge in [0.05, 0.1) is 10.2 Å². The van der Waals surface area contributed by atoms with Crippen LogP contribution in [-0.2, 0) is 12.0 Å². The zero-order valence-electron chi connectivity index (χ0n) is 8.36. The third-order valence-corrected chi connectivity index (χ3v) is 4.43. The van der Waals surface area contributed by atoms with Gasteiger partial charge in [-0.3, -0.25) is 4.68 Å². The van der Waals surface area contributed by atoms with Crippen LogP contribution in [0.4, 0.5) is 0 Å². The van der Waals surface area contributed by atoms with E-state index in [2.05, 4.69) is 71.3 Å². The van der Waals surface area contributed by atoms with Crippen LogP contribution in [0.2, 0.25) is 0 Å². The van der Waals surface area contributed by atoms with Gasteiger partial charge in [0, 0.05) is 12.0 Å². The molecule has 0 saturated carbocycles. The van der Waals surface area contributed by atoms with Crippen molar-refractivity contribution < 1.29 is 0 Å². The SMILES string of the molecule is CCn1nc(C(C)(C)C)c(Br)c1I. The Labute approximate surface area is 101 Å². The van der Waals surface area contributed by atoms with Crippen LogP contribution in [0.1, 0.15) is 33.4 Å². The molecule has 0 saturated heterocycles. The number of rotatable bonds is 1. The Morgan fingerprint density at radius 3 is 2.23 bits per heavy atom. The van der Waals surface area contributed by atoms with Crippen molar-refractivity contribution in [3.8, 4) is 0 Å².